The molecule has 1 saturated carbocycles. The first kappa shape index (κ1) is 17.9. The fourth-order valence-corrected chi connectivity index (χ4v) is 3.64. The predicted molar refractivity (Wildman–Crippen MR) is 93.7 cm³/mol. The highest BCUT2D eigenvalue weighted by molar-refractivity contribution is 6.07. The van der Waals surface area contributed by atoms with Crippen LogP contribution in [-0.4, -0.2) is 35.2 Å². The second-order valence-corrected chi connectivity index (χ2v) is 6.72. The lowest BCUT2D eigenvalue weighted by atomic mass is 9.81. The van der Waals surface area contributed by atoms with Crippen LogP contribution in [0.3, 0.4) is 0 Å². The molecule has 0 radical (unpaired) electrons. The summed E-state index contributed by atoms with van der Waals surface area (Å²) in [6, 6.07) is 6.18. The molecule has 5 amide bonds. The van der Waals surface area contributed by atoms with Crippen LogP contribution in [0.2, 0.25) is 0 Å². The van der Waals surface area contributed by atoms with E-state index in [1.165, 1.54) is 0 Å². The molecule has 8 heteroatoms. The fraction of sp³-hybridized carbons (Fsp3) is 0.444. The van der Waals surface area contributed by atoms with Gasteiger partial charge in [0, 0.05) is 12.2 Å². The van der Waals surface area contributed by atoms with Crippen molar-refractivity contribution >= 4 is 29.4 Å². The predicted octanol–water partition coefficient (Wildman–Crippen LogP) is 0.969. The first-order valence-electron chi connectivity index (χ1n) is 8.73. The van der Waals surface area contributed by atoms with Crippen LogP contribution >= 0.6 is 0 Å². The number of urea groups is 1. The van der Waals surface area contributed by atoms with E-state index in [9.17, 15) is 19.2 Å². The first-order valence-corrected chi connectivity index (χ1v) is 8.73. The van der Waals surface area contributed by atoms with Crippen LogP contribution in [0.5, 0.6) is 0 Å². The van der Waals surface area contributed by atoms with Crippen molar-refractivity contribution in [2.75, 3.05) is 11.9 Å². The zero-order valence-corrected chi connectivity index (χ0v) is 14.4. The lowest BCUT2D eigenvalue weighted by molar-refractivity contribution is -0.143. The number of carbonyl (C=O) groups excluding carboxylic acids is 4. The molecular formula is C18H22N4O4. The largest absolute Gasteiger partial charge is 0.351 e. The van der Waals surface area contributed by atoms with Gasteiger partial charge in [-0.1, -0.05) is 25.0 Å². The molecule has 1 aliphatic heterocycles. The van der Waals surface area contributed by atoms with Crippen molar-refractivity contribution in [2.45, 2.75) is 32.2 Å². The maximum atomic E-state index is 12.4. The van der Waals surface area contributed by atoms with Crippen molar-refractivity contribution in [2.24, 2.45) is 17.6 Å². The number of likely N-dealkylation sites (tertiary alicyclic amines) is 1. The van der Waals surface area contributed by atoms with E-state index in [2.05, 4.69) is 10.6 Å². The Morgan fingerprint density at radius 1 is 1.04 bits per heavy atom. The third kappa shape index (κ3) is 3.84. The molecule has 1 aliphatic carbocycles. The number of imide groups is 1. The second-order valence-electron chi connectivity index (χ2n) is 6.72. The van der Waals surface area contributed by atoms with Crippen LogP contribution in [-0.2, 0) is 20.9 Å². The number of benzene rings is 1. The average molecular weight is 358 g/mol. The van der Waals surface area contributed by atoms with E-state index in [1.807, 2.05) is 0 Å². The zero-order chi connectivity index (χ0) is 18.7. The molecule has 2 aliphatic rings. The molecule has 138 valence electrons. The minimum absolute atomic E-state index is 0.211. The number of anilines is 1. The molecule has 2 unspecified atom stereocenters. The number of amides is 5. The van der Waals surface area contributed by atoms with Crippen LogP contribution in [0.4, 0.5) is 10.5 Å². The quantitative estimate of drug-likeness (QED) is 0.679. The van der Waals surface area contributed by atoms with Gasteiger partial charge in [0.1, 0.15) is 6.54 Å². The summed E-state index contributed by atoms with van der Waals surface area (Å²) in [5.74, 6) is -1.28. The summed E-state index contributed by atoms with van der Waals surface area (Å²) in [5, 5.41) is 5.16. The molecule has 1 aromatic rings. The third-order valence-corrected chi connectivity index (χ3v) is 4.95. The minimum Gasteiger partial charge on any atom is -0.351 e. The van der Waals surface area contributed by atoms with Crippen LogP contribution in [0.1, 0.15) is 31.2 Å². The van der Waals surface area contributed by atoms with Gasteiger partial charge >= 0.3 is 6.03 Å². The van der Waals surface area contributed by atoms with Gasteiger partial charge in [0.15, 0.2) is 0 Å². The Balaban J connectivity index is 1.52. The van der Waals surface area contributed by atoms with Crippen LogP contribution < -0.4 is 16.4 Å². The lowest BCUT2D eigenvalue weighted by Gasteiger charge is -2.19. The molecule has 1 saturated heterocycles. The van der Waals surface area contributed by atoms with Crippen molar-refractivity contribution in [1.29, 1.82) is 0 Å². The Hall–Kier alpha value is -2.90. The summed E-state index contributed by atoms with van der Waals surface area (Å²) >= 11 is 0. The number of nitrogens with two attached hydrogens (primary N) is 1. The average Bonchev–Trinajstić information content (AvgIpc) is 2.86. The molecule has 0 spiro atoms. The Morgan fingerprint density at radius 2 is 1.62 bits per heavy atom. The number of nitrogens with one attached hydrogen (secondary N) is 2. The number of hydrogen-bond acceptors (Lipinski definition) is 4. The number of fused-ring (bicyclic) bond motifs is 1. The number of nitrogens with zero attached hydrogens (tertiary/aromatic N) is 1. The number of carbonyl (C=O) groups is 4. The van der Waals surface area contributed by atoms with Crippen LogP contribution in [0.25, 0.3) is 0 Å². The third-order valence-electron chi connectivity index (χ3n) is 4.95. The first-order chi connectivity index (χ1) is 12.5. The number of rotatable bonds is 5. The highest BCUT2D eigenvalue weighted by Crippen LogP contribution is 2.37. The molecule has 0 bridgehead atoms. The van der Waals surface area contributed by atoms with Gasteiger partial charge in [0.2, 0.25) is 17.7 Å². The van der Waals surface area contributed by atoms with Gasteiger partial charge in [0.05, 0.1) is 11.8 Å². The highest BCUT2D eigenvalue weighted by Gasteiger charge is 2.48. The zero-order valence-electron chi connectivity index (χ0n) is 14.4. The summed E-state index contributed by atoms with van der Waals surface area (Å²) in [6.45, 7) is 0.0325. The van der Waals surface area contributed by atoms with E-state index in [0.29, 0.717) is 5.69 Å². The topological polar surface area (TPSA) is 122 Å². The molecule has 1 heterocycles. The Kier molecular flexibility index (Phi) is 5.20. The van der Waals surface area contributed by atoms with Gasteiger partial charge in [-0.25, -0.2) is 4.79 Å². The van der Waals surface area contributed by atoms with Crippen molar-refractivity contribution < 1.29 is 19.2 Å². The fourth-order valence-electron chi connectivity index (χ4n) is 3.64. The summed E-state index contributed by atoms with van der Waals surface area (Å²) < 4.78 is 0. The van der Waals surface area contributed by atoms with E-state index in [-0.39, 0.29) is 42.6 Å². The molecular weight excluding hydrogens is 336 g/mol. The SMILES string of the molecule is NC(=O)Nc1ccc(CNC(=O)CN2C(=O)C3CCCCC3C2=O)cc1. The van der Waals surface area contributed by atoms with Gasteiger partial charge in [-0.3, -0.25) is 19.3 Å². The van der Waals surface area contributed by atoms with Crippen LogP contribution in [0, 0.1) is 11.8 Å². The summed E-state index contributed by atoms with van der Waals surface area (Å²) in [4.78, 5) is 48.8. The Morgan fingerprint density at radius 3 is 2.15 bits per heavy atom. The van der Waals surface area contributed by atoms with Gasteiger partial charge in [-0.2, -0.15) is 0 Å². The second kappa shape index (κ2) is 7.55. The smallest absolute Gasteiger partial charge is 0.316 e. The van der Waals surface area contributed by atoms with E-state index >= 15 is 0 Å². The molecule has 0 aromatic heterocycles. The van der Waals surface area contributed by atoms with Gasteiger partial charge in [-0.05, 0) is 30.5 Å². The van der Waals surface area contributed by atoms with Gasteiger partial charge in [0.25, 0.3) is 0 Å². The van der Waals surface area contributed by atoms with Crippen molar-refractivity contribution in [3.8, 4) is 0 Å². The highest BCUT2D eigenvalue weighted by atomic mass is 16.2. The van der Waals surface area contributed by atoms with Crippen molar-refractivity contribution in [3.63, 3.8) is 0 Å². The molecule has 1 aromatic carbocycles. The number of primary amides is 1. The summed E-state index contributed by atoms with van der Waals surface area (Å²) in [7, 11) is 0. The standard InChI is InChI=1S/C18H22N4O4/c19-18(26)21-12-7-5-11(6-8-12)9-20-15(23)10-22-16(24)13-3-1-2-4-14(13)17(22)25/h5-8,13-14H,1-4,9-10H2,(H,20,23)(H3,19,21,26). The molecule has 3 rings (SSSR count). The minimum atomic E-state index is -0.647. The molecule has 4 N–H and O–H groups in total. The van der Waals surface area contributed by atoms with Crippen LogP contribution in [0.15, 0.2) is 24.3 Å². The van der Waals surface area contributed by atoms with Crippen molar-refractivity contribution in [3.05, 3.63) is 29.8 Å². The van der Waals surface area contributed by atoms with Crippen molar-refractivity contribution in [1.82, 2.24) is 10.2 Å². The number of hydrogen-bond donors (Lipinski definition) is 3. The van der Waals surface area contributed by atoms with E-state index < -0.39 is 6.03 Å². The summed E-state index contributed by atoms with van der Waals surface area (Å²) in [5.41, 5.74) is 6.42. The Bertz CT molecular complexity index is 707. The maximum absolute atomic E-state index is 12.4. The normalized spacial score (nSPS) is 22.1. The van der Waals surface area contributed by atoms with E-state index in [4.69, 9.17) is 5.73 Å². The molecule has 2 atom stereocenters. The van der Waals surface area contributed by atoms with Gasteiger partial charge < -0.3 is 16.4 Å². The maximum Gasteiger partial charge on any atom is 0.316 e. The Labute approximate surface area is 151 Å². The monoisotopic (exact) mass is 358 g/mol. The molecule has 26 heavy (non-hydrogen) atoms. The summed E-state index contributed by atoms with van der Waals surface area (Å²) in [6.07, 6.45) is 3.39. The van der Waals surface area contributed by atoms with E-state index in [1.54, 1.807) is 24.3 Å². The lowest BCUT2D eigenvalue weighted by Crippen LogP contribution is -2.40. The van der Waals surface area contributed by atoms with E-state index in [0.717, 1.165) is 36.1 Å². The van der Waals surface area contributed by atoms with Gasteiger partial charge in [-0.15, -0.1) is 0 Å². The molecule has 2 fully saturated rings. The molecule has 8 nitrogen and oxygen atoms in total.